The number of hydrogen-bond donors (Lipinski definition) is 1. The Balaban J connectivity index is 2.40. The van der Waals surface area contributed by atoms with Gasteiger partial charge >= 0.3 is 0 Å². The Morgan fingerprint density at radius 3 is 2.88 bits per heavy atom. The molecule has 2 nitrogen and oxygen atoms in total. The molecule has 0 aliphatic rings. The van der Waals surface area contributed by atoms with Crippen LogP contribution in [0.3, 0.4) is 0 Å². The lowest BCUT2D eigenvalue weighted by Gasteiger charge is -2.04. The highest BCUT2D eigenvalue weighted by molar-refractivity contribution is 5.91. The van der Waals surface area contributed by atoms with E-state index >= 15 is 0 Å². The van der Waals surface area contributed by atoms with Gasteiger partial charge in [0.15, 0.2) is 0 Å². The van der Waals surface area contributed by atoms with Gasteiger partial charge in [-0.3, -0.25) is 4.79 Å². The van der Waals surface area contributed by atoms with Gasteiger partial charge in [-0.1, -0.05) is 26.0 Å². The number of rotatable bonds is 5. The summed E-state index contributed by atoms with van der Waals surface area (Å²) in [5.41, 5.74) is 0.684. The summed E-state index contributed by atoms with van der Waals surface area (Å²) in [4.78, 5) is 11.4. The first kappa shape index (κ1) is 13.4. The van der Waals surface area contributed by atoms with Gasteiger partial charge in [0.2, 0.25) is 5.91 Å². The molecule has 92 valence electrons. The first-order valence-electron chi connectivity index (χ1n) is 5.79. The van der Waals surface area contributed by atoms with E-state index in [0.717, 1.165) is 6.42 Å². The van der Waals surface area contributed by atoms with Crippen molar-refractivity contribution in [2.75, 3.05) is 6.54 Å². The van der Waals surface area contributed by atoms with Crippen LogP contribution < -0.4 is 5.32 Å². The highest BCUT2D eigenvalue weighted by Gasteiger charge is 1.97. The molecular formula is C14H18FNO. The molecule has 3 heteroatoms. The standard InChI is InChI=1S/C14H18FNO/c1-11(2)8-9-16-14(17)7-6-12-4-3-5-13(15)10-12/h3-7,10-11H,8-9H2,1-2H3,(H,16,17)/b7-6+. The molecule has 0 spiro atoms. The summed E-state index contributed by atoms with van der Waals surface area (Å²) in [5, 5.41) is 2.78. The van der Waals surface area contributed by atoms with Gasteiger partial charge in [0.25, 0.3) is 0 Å². The minimum atomic E-state index is -0.299. The topological polar surface area (TPSA) is 29.1 Å². The van der Waals surface area contributed by atoms with Gasteiger partial charge in [0.05, 0.1) is 0 Å². The molecule has 0 saturated heterocycles. The first-order valence-corrected chi connectivity index (χ1v) is 5.79. The Bertz CT molecular complexity index is 399. The Morgan fingerprint density at radius 1 is 1.47 bits per heavy atom. The maximum Gasteiger partial charge on any atom is 0.243 e. The summed E-state index contributed by atoms with van der Waals surface area (Å²) >= 11 is 0. The number of halogens is 1. The summed E-state index contributed by atoms with van der Waals surface area (Å²) in [6.07, 6.45) is 3.99. The van der Waals surface area contributed by atoms with E-state index in [9.17, 15) is 9.18 Å². The second-order valence-electron chi connectivity index (χ2n) is 4.36. The zero-order valence-corrected chi connectivity index (χ0v) is 10.2. The van der Waals surface area contributed by atoms with E-state index in [1.54, 1.807) is 18.2 Å². The normalized spacial score (nSPS) is 11.1. The zero-order valence-electron chi connectivity index (χ0n) is 10.2. The van der Waals surface area contributed by atoms with Crippen LogP contribution in [0.4, 0.5) is 4.39 Å². The number of amides is 1. The minimum absolute atomic E-state index is 0.144. The fourth-order valence-corrected chi connectivity index (χ4v) is 1.33. The number of carbonyl (C=O) groups excluding carboxylic acids is 1. The zero-order chi connectivity index (χ0) is 12.7. The Kier molecular flexibility index (Phi) is 5.40. The molecule has 0 aromatic heterocycles. The number of benzene rings is 1. The van der Waals surface area contributed by atoms with Gasteiger partial charge in [0, 0.05) is 12.6 Å². The molecule has 0 aliphatic heterocycles. The summed E-state index contributed by atoms with van der Waals surface area (Å²) in [5.74, 6) is 0.129. The van der Waals surface area contributed by atoms with Crippen molar-refractivity contribution < 1.29 is 9.18 Å². The molecule has 1 aromatic rings. The van der Waals surface area contributed by atoms with E-state index in [0.29, 0.717) is 18.0 Å². The molecule has 0 bridgehead atoms. The number of nitrogens with one attached hydrogen (secondary N) is 1. The average molecular weight is 235 g/mol. The van der Waals surface area contributed by atoms with E-state index in [1.165, 1.54) is 18.2 Å². The van der Waals surface area contributed by atoms with Crippen LogP contribution in [0.15, 0.2) is 30.3 Å². The van der Waals surface area contributed by atoms with Gasteiger partial charge in [-0.25, -0.2) is 4.39 Å². The van der Waals surface area contributed by atoms with Gasteiger partial charge < -0.3 is 5.32 Å². The molecule has 0 heterocycles. The van der Waals surface area contributed by atoms with Crippen molar-refractivity contribution >= 4 is 12.0 Å². The fourth-order valence-electron chi connectivity index (χ4n) is 1.33. The van der Waals surface area contributed by atoms with Crippen molar-refractivity contribution in [2.45, 2.75) is 20.3 Å². The Morgan fingerprint density at radius 2 is 2.24 bits per heavy atom. The Hall–Kier alpha value is -1.64. The summed E-state index contributed by atoms with van der Waals surface area (Å²) < 4.78 is 12.8. The van der Waals surface area contributed by atoms with Crippen molar-refractivity contribution in [1.29, 1.82) is 0 Å². The van der Waals surface area contributed by atoms with Crippen LogP contribution in [0.1, 0.15) is 25.8 Å². The van der Waals surface area contributed by atoms with Crippen LogP contribution in [0.25, 0.3) is 6.08 Å². The van der Waals surface area contributed by atoms with Crippen LogP contribution in [-0.4, -0.2) is 12.5 Å². The van der Waals surface area contributed by atoms with E-state index in [-0.39, 0.29) is 11.7 Å². The van der Waals surface area contributed by atoms with Crippen molar-refractivity contribution in [3.05, 3.63) is 41.7 Å². The maximum absolute atomic E-state index is 12.8. The Labute approximate surface area is 102 Å². The smallest absolute Gasteiger partial charge is 0.243 e. The van der Waals surface area contributed by atoms with Crippen LogP contribution >= 0.6 is 0 Å². The lowest BCUT2D eigenvalue weighted by Crippen LogP contribution is -2.23. The molecule has 0 fully saturated rings. The van der Waals surface area contributed by atoms with Crippen molar-refractivity contribution in [1.82, 2.24) is 5.32 Å². The van der Waals surface area contributed by atoms with Gasteiger partial charge in [-0.15, -0.1) is 0 Å². The second kappa shape index (κ2) is 6.84. The largest absolute Gasteiger partial charge is 0.353 e. The first-order chi connectivity index (χ1) is 8.08. The molecular weight excluding hydrogens is 217 g/mol. The molecule has 0 atom stereocenters. The van der Waals surface area contributed by atoms with Crippen LogP contribution in [0, 0.1) is 11.7 Å². The summed E-state index contributed by atoms with van der Waals surface area (Å²) in [6.45, 7) is 4.88. The van der Waals surface area contributed by atoms with E-state index in [2.05, 4.69) is 19.2 Å². The average Bonchev–Trinajstić information content (AvgIpc) is 2.26. The second-order valence-corrected chi connectivity index (χ2v) is 4.36. The molecule has 0 saturated carbocycles. The third kappa shape index (κ3) is 5.85. The summed E-state index contributed by atoms with van der Waals surface area (Å²) in [7, 11) is 0. The molecule has 1 N–H and O–H groups in total. The molecule has 0 radical (unpaired) electrons. The van der Waals surface area contributed by atoms with E-state index in [4.69, 9.17) is 0 Å². The van der Waals surface area contributed by atoms with Gasteiger partial charge in [-0.2, -0.15) is 0 Å². The van der Waals surface area contributed by atoms with Gasteiger partial charge in [0.1, 0.15) is 5.82 Å². The van der Waals surface area contributed by atoms with Crippen molar-refractivity contribution in [2.24, 2.45) is 5.92 Å². The van der Waals surface area contributed by atoms with Crippen molar-refractivity contribution in [3.8, 4) is 0 Å². The van der Waals surface area contributed by atoms with Crippen LogP contribution in [-0.2, 0) is 4.79 Å². The molecule has 1 rings (SSSR count). The number of hydrogen-bond acceptors (Lipinski definition) is 1. The van der Waals surface area contributed by atoms with Crippen molar-refractivity contribution in [3.63, 3.8) is 0 Å². The maximum atomic E-state index is 12.8. The van der Waals surface area contributed by atoms with Crippen LogP contribution in [0.5, 0.6) is 0 Å². The molecule has 1 amide bonds. The highest BCUT2D eigenvalue weighted by atomic mass is 19.1. The molecule has 0 aliphatic carbocycles. The predicted molar refractivity (Wildman–Crippen MR) is 67.9 cm³/mol. The molecule has 17 heavy (non-hydrogen) atoms. The third-order valence-electron chi connectivity index (χ3n) is 2.30. The highest BCUT2D eigenvalue weighted by Crippen LogP contribution is 2.05. The summed E-state index contributed by atoms with van der Waals surface area (Å²) in [6, 6.07) is 6.13. The molecule has 0 unspecified atom stereocenters. The number of carbonyl (C=O) groups is 1. The fraction of sp³-hybridized carbons (Fsp3) is 0.357. The predicted octanol–water partition coefficient (Wildman–Crippen LogP) is 3.00. The lowest BCUT2D eigenvalue weighted by atomic mass is 10.1. The third-order valence-corrected chi connectivity index (χ3v) is 2.30. The van der Waals surface area contributed by atoms with Crippen LogP contribution in [0.2, 0.25) is 0 Å². The van der Waals surface area contributed by atoms with Gasteiger partial charge in [-0.05, 0) is 36.1 Å². The lowest BCUT2D eigenvalue weighted by molar-refractivity contribution is -0.116. The van der Waals surface area contributed by atoms with E-state index in [1.807, 2.05) is 0 Å². The monoisotopic (exact) mass is 235 g/mol. The minimum Gasteiger partial charge on any atom is -0.353 e. The molecule has 1 aromatic carbocycles. The quantitative estimate of drug-likeness (QED) is 0.781. The SMILES string of the molecule is CC(C)CCNC(=O)/C=C/c1cccc(F)c1. The van der Waals surface area contributed by atoms with E-state index < -0.39 is 0 Å².